The standard InChI is InChI=1S/C17H23N3/c1-12-6-5-9-20(13(12)2)17-16-8-4-3-7-14(16)10-15(11-18)19-17/h3-4,7-8,10,12-13H,5-6,9,11,18H2,1-2H3. The van der Waals surface area contributed by atoms with Crippen molar-refractivity contribution >= 4 is 16.6 Å². The molecule has 1 aromatic heterocycles. The maximum absolute atomic E-state index is 5.82. The molecule has 0 bridgehead atoms. The third kappa shape index (κ3) is 2.27. The quantitative estimate of drug-likeness (QED) is 0.909. The summed E-state index contributed by atoms with van der Waals surface area (Å²) in [6.45, 7) is 6.24. The summed E-state index contributed by atoms with van der Waals surface area (Å²) in [5, 5.41) is 2.48. The normalized spacial score (nSPS) is 23.2. The van der Waals surface area contributed by atoms with Gasteiger partial charge in [0.2, 0.25) is 0 Å². The fourth-order valence-corrected chi connectivity index (χ4v) is 3.19. The van der Waals surface area contributed by atoms with Gasteiger partial charge in [0, 0.05) is 24.5 Å². The van der Waals surface area contributed by atoms with Crippen LogP contribution in [0.15, 0.2) is 30.3 Å². The zero-order valence-electron chi connectivity index (χ0n) is 12.3. The minimum Gasteiger partial charge on any atom is -0.353 e. The molecule has 1 aliphatic heterocycles. The van der Waals surface area contributed by atoms with Crippen LogP contribution in [-0.2, 0) is 6.54 Å². The van der Waals surface area contributed by atoms with Gasteiger partial charge in [0.1, 0.15) is 5.82 Å². The molecule has 2 aromatic rings. The van der Waals surface area contributed by atoms with Crippen LogP contribution in [-0.4, -0.2) is 17.6 Å². The average Bonchev–Trinajstić information content (AvgIpc) is 2.49. The molecule has 1 aromatic carbocycles. The molecule has 106 valence electrons. The van der Waals surface area contributed by atoms with E-state index in [2.05, 4.69) is 49.1 Å². The molecule has 20 heavy (non-hydrogen) atoms. The number of aromatic nitrogens is 1. The molecule has 2 heterocycles. The second kappa shape index (κ2) is 5.41. The molecule has 0 radical (unpaired) electrons. The van der Waals surface area contributed by atoms with E-state index in [0.717, 1.165) is 18.1 Å². The molecule has 0 aliphatic carbocycles. The van der Waals surface area contributed by atoms with E-state index in [-0.39, 0.29) is 0 Å². The number of nitrogens with two attached hydrogens (primary N) is 1. The monoisotopic (exact) mass is 269 g/mol. The van der Waals surface area contributed by atoms with E-state index < -0.39 is 0 Å². The number of pyridine rings is 1. The number of nitrogens with zero attached hydrogens (tertiary/aromatic N) is 2. The molecule has 2 atom stereocenters. The van der Waals surface area contributed by atoms with E-state index in [9.17, 15) is 0 Å². The summed E-state index contributed by atoms with van der Waals surface area (Å²) < 4.78 is 0. The summed E-state index contributed by atoms with van der Waals surface area (Å²) in [5.74, 6) is 1.83. The Morgan fingerprint density at radius 2 is 2.10 bits per heavy atom. The summed E-state index contributed by atoms with van der Waals surface area (Å²) in [5.41, 5.74) is 6.80. The van der Waals surface area contributed by atoms with Gasteiger partial charge in [-0.2, -0.15) is 0 Å². The van der Waals surface area contributed by atoms with Crippen molar-refractivity contribution in [3.63, 3.8) is 0 Å². The van der Waals surface area contributed by atoms with Gasteiger partial charge >= 0.3 is 0 Å². The van der Waals surface area contributed by atoms with Crippen LogP contribution >= 0.6 is 0 Å². The van der Waals surface area contributed by atoms with Gasteiger partial charge in [-0.05, 0) is 37.1 Å². The first kappa shape index (κ1) is 13.4. The van der Waals surface area contributed by atoms with Crippen molar-refractivity contribution in [1.29, 1.82) is 0 Å². The van der Waals surface area contributed by atoms with Crippen LogP contribution in [0.3, 0.4) is 0 Å². The lowest BCUT2D eigenvalue weighted by molar-refractivity contribution is 0.362. The van der Waals surface area contributed by atoms with Crippen LogP contribution in [0.5, 0.6) is 0 Å². The van der Waals surface area contributed by atoms with Gasteiger partial charge < -0.3 is 10.6 Å². The van der Waals surface area contributed by atoms with Crippen LogP contribution in [0, 0.1) is 5.92 Å². The van der Waals surface area contributed by atoms with Crippen molar-refractivity contribution in [3.05, 3.63) is 36.0 Å². The summed E-state index contributed by atoms with van der Waals surface area (Å²) in [6, 6.07) is 11.1. The van der Waals surface area contributed by atoms with E-state index in [4.69, 9.17) is 10.7 Å². The lowest BCUT2D eigenvalue weighted by Crippen LogP contribution is -2.43. The maximum atomic E-state index is 5.82. The molecule has 3 heteroatoms. The maximum Gasteiger partial charge on any atom is 0.137 e. The Morgan fingerprint density at radius 1 is 1.30 bits per heavy atom. The van der Waals surface area contributed by atoms with Crippen molar-refractivity contribution in [3.8, 4) is 0 Å². The van der Waals surface area contributed by atoms with Crippen molar-refractivity contribution in [2.75, 3.05) is 11.4 Å². The zero-order valence-corrected chi connectivity index (χ0v) is 12.3. The summed E-state index contributed by atoms with van der Waals surface area (Å²) in [4.78, 5) is 7.30. The number of piperidine rings is 1. The number of benzene rings is 1. The van der Waals surface area contributed by atoms with Crippen molar-refractivity contribution < 1.29 is 0 Å². The molecule has 2 N–H and O–H groups in total. The SMILES string of the molecule is CC1CCCN(c2nc(CN)cc3ccccc23)C1C. The highest BCUT2D eigenvalue weighted by molar-refractivity contribution is 5.92. The Kier molecular flexibility index (Phi) is 3.62. The number of anilines is 1. The predicted molar refractivity (Wildman–Crippen MR) is 84.8 cm³/mol. The summed E-state index contributed by atoms with van der Waals surface area (Å²) >= 11 is 0. The summed E-state index contributed by atoms with van der Waals surface area (Å²) in [7, 11) is 0. The largest absolute Gasteiger partial charge is 0.353 e. The van der Waals surface area contributed by atoms with Crippen molar-refractivity contribution in [2.45, 2.75) is 39.3 Å². The lowest BCUT2D eigenvalue weighted by atomic mass is 9.91. The molecule has 1 fully saturated rings. The summed E-state index contributed by atoms with van der Waals surface area (Å²) in [6.07, 6.45) is 2.56. The molecule has 3 nitrogen and oxygen atoms in total. The van der Waals surface area contributed by atoms with Crippen LogP contribution in [0.4, 0.5) is 5.82 Å². The number of hydrogen-bond donors (Lipinski definition) is 1. The Labute approximate surface area is 120 Å². The Balaban J connectivity index is 2.13. The van der Waals surface area contributed by atoms with Crippen molar-refractivity contribution in [2.24, 2.45) is 11.7 Å². The highest BCUT2D eigenvalue weighted by Gasteiger charge is 2.26. The average molecular weight is 269 g/mol. The highest BCUT2D eigenvalue weighted by atomic mass is 15.2. The van der Waals surface area contributed by atoms with Gasteiger partial charge in [-0.1, -0.05) is 31.2 Å². The Morgan fingerprint density at radius 3 is 2.90 bits per heavy atom. The molecule has 1 saturated heterocycles. The van der Waals surface area contributed by atoms with Gasteiger partial charge in [0.15, 0.2) is 0 Å². The molecule has 1 aliphatic rings. The van der Waals surface area contributed by atoms with Gasteiger partial charge in [0.25, 0.3) is 0 Å². The number of rotatable bonds is 2. The van der Waals surface area contributed by atoms with Crippen LogP contribution in [0.1, 0.15) is 32.4 Å². The number of fused-ring (bicyclic) bond motifs is 1. The first-order valence-corrected chi connectivity index (χ1v) is 7.56. The lowest BCUT2D eigenvalue weighted by Gasteiger charge is -2.39. The van der Waals surface area contributed by atoms with Gasteiger partial charge in [-0.15, -0.1) is 0 Å². The van der Waals surface area contributed by atoms with Crippen molar-refractivity contribution in [1.82, 2.24) is 4.98 Å². The number of hydrogen-bond acceptors (Lipinski definition) is 3. The first-order chi connectivity index (χ1) is 9.70. The molecule has 0 spiro atoms. The zero-order chi connectivity index (χ0) is 14.1. The highest BCUT2D eigenvalue weighted by Crippen LogP contribution is 2.32. The molecular formula is C17H23N3. The Bertz CT molecular complexity index is 608. The third-order valence-electron chi connectivity index (χ3n) is 4.63. The smallest absolute Gasteiger partial charge is 0.137 e. The molecular weight excluding hydrogens is 246 g/mol. The van der Waals surface area contributed by atoms with E-state index in [1.165, 1.54) is 23.6 Å². The Hall–Kier alpha value is -1.61. The van der Waals surface area contributed by atoms with Gasteiger partial charge in [-0.25, -0.2) is 4.98 Å². The minimum atomic E-state index is 0.496. The van der Waals surface area contributed by atoms with Crippen LogP contribution in [0.2, 0.25) is 0 Å². The van der Waals surface area contributed by atoms with E-state index >= 15 is 0 Å². The second-order valence-corrected chi connectivity index (χ2v) is 5.92. The fraction of sp³-hybridized carbons (Fsp3) is 0.471. The van der Waals surface area contributed by atoms with Gasteiger partial charge in [-0.3, -0.25) is 0 Å². The molecule has 0 amide bonds. The van der Waals surface area contributed by atoms with E-state index in [1.54, 1.807) is 0 Å². The van der Waals surface area contributed by atoms with Crippen LogP contribution < -0.4 is 10.6 Å². The van der Waals surface area contributed by atoms with Crippen LogP contribution in [0.25, 0.3) is 10.8 Å². The topological polar surface area (TPSA) is 42.2 Å². The first-order valence-electron chi connectivity index (χ1n) is 7.56. The van der Waals surface area contributed by atoms with E-state index in [0.29, 0.717) is 18.5 Å². The minimum absolute atomic E-state index is 0.496. The second-order valence-electron chi connectivity index (χ2n) is 5.92. The molecule has 3 rings (SSSR count). The van der Waals surface area contributed by atoms with E-state index in [1.807, 2.05) is 0 Å². The van der Waals surface area contributed by atoms with Gasteiger partial charge in [0.05, 0.1) is 5.69 Å². The predicted octanol–water partition coefficient (Wildman–Crippen LogP) is 3.32. The molecule has 2 unspecified atom stereocenters. The third-order valence-corrected chi connectivity index (χ3v) is 4.63. The molecule has 0 saturated carbocycles. The fourth-order valence-electron chi connectivity index (χ4n) is 3.19.